The predicted molar refractivity (Wildman–Crippen MR) is 76.5 cm³/mol. The monoisotopic (exact) mass is 246 g/mol. The van der Waals surface area contributed by atoms with Crippen LogP contribution in [0.5, 0.6) is 0 Å². The van der Waals surface area contributed by atoms with E-state index in [0.29, 0.717) is 0 Å². The second-order valence-corrected chi connectivity index (χ2v) is 7.11. The highest BCUT2D eigenvalue weighted by molar-refractivity contribution is 8.00. The lowest BCUT2D eigenvalue weighted by Gasteiger charge is -2.19. The molecule has 0 saturated heterocycles. The van der Waals surface area contributed by atoms with Crippen molar-refractivity contribution >= 4 is 28.2 Å². The molecule has 1 aromatic heterocycles. The van der Waals surface area contributed by atoms with Gasteiger partial charge in [-0.1, -0.05) is 20.8 Å². The number of aryl methyl sites for hydroxylation is 1. The van der Waals surface area contributed by atoms with Gasteiger partial charge in [0.1, 0.15) is 0 Å². The minimum Gasteiger partial charge on any atom is -0.398 e. The Morgan fingerprint density at radius 1 is 1.18 bits per heavy atom. The molecule has 0 unspecified atom stereocenters. The summed E-state index contributed by atoms with van der Waals surface area (Å²) in [5, 5.41) is 2.25. The molecule has 0 fully saturated rings. The van der Waals surface area contributed by atoms with Crippen molar-refractivity contribution in [2.45, 2.75) is 37.3 Å². The molecule has 0 aliphatic carbocycles. The molecule has 0 spiro atoms. The minimum atomic E-state index is 0.195. The van der Waals surface area contributed by atoms with E-state index in [1.54, 1.807) is 0 Å². The van der Waals surface area contributed by atoms with Crippen LogP contribution in [0.3, 0.4) is 0 Å². The molecule has 0 aliphatic heterocycles. The van der Waals surface area contributed by atoms with Gasteiger partial charge in [0, 0.05) is 38.0 Å². The second kappa shape index (κ2) is 4.22. The molecule has 0 atom stereocenters. The highest BCUT2D eigenvalue weighted by atomic mass is 32.2. The number of hydrogen-bond donors (Lipinski definition) is 1. The molecular formula is C14H18N2S. The zero-order chi connectivity index (χ0) is 12.6. The van der Waals surface area contributed by atoms with Crippen LogP contribution in [0, 0.1) is 6.92 Å². The van der Waals surface area contributed by atoms with Crippen molar-refractivity contribution in [3.05, 3.63) is 30.1 Å². The van der Waals surface area contributed by atoms with Gasteiger partial charge < -0.3 is 5.73 Å². The van der Waals surface area contributed by atoms with Crippen LogP contribution in [-0.4, -0.2) is 9.73 Å². The van der Waals surface area contributed by atoms with Crippen molar-refractivity contribution in [1.29, 1.82) is 0 Å². The van der Waals surface area contributed by atoms with E-state index in [2.05, 4.69) is 37.9 Å². The van der Waals surface area contributed by atoms with Gasteiger partial charge >= 0.3 is 0 Å². The standard InChI is InChI=1S/C14H18N2S/c1-9-7-10-11(8-16-9)12(15)5-6-13(10)17-14(2,3)4/h5-8H,15H2,1-4H3. The fourth-order valence-corrected chi connectivity index (χ4v) is 2.83. The maximum absolute atomic E-state index is 5.99. The van der Waals surface area contributed by atoms with Crippen LogP contribution in [0.1, 0.15) is 26.5 Å². The number of rotatable bonds is 1. The Labute approximate surface area is 107 Å². The van der Waals surface area contributed by atoms with E-state index >= 15 is 0 Å². The molecule has 2 nitrogen and oxygen atoms in total. The van der Waals surface area contributed by atoms with Crippen LogP contribution in [0.2, 0.25) is 0 Å². The molecule has 2 aromatic rings. The third-order valence-electron chi connectivity index (χ3n) is 2.45. The van der Waals surface area contributed by atoms with E-state index in [1.165, 1.54) is 10.3 Å². The van der Waals surface area contributed by atoms with Crippen LogP contribution in [0.15, 0.2) is 29.3 Å². The largest absolute Gasteiger partial charge is 0.398 e. The lowest BCUT2D eigenvalue weighted by molar-refractivity contribution is 0.803. The van der Waals surface area contributed by atoms with Gasteiger partial charge in [0.05, 0.1) is 0 Å². The molecule has 0 amide bonds. The zero-order valence-corrected chi connectivity index (χ0v) is 11.6. The number of nitrogens with two attached hydrogens (primary N) is 1. The van der Waals surface area contributed by atoms with Crippen molar-refractivity contribution in [3.8, 4) is 0 Å². The van der Waals surface area contributed by atoms with Crippen LogP contribution in [0.25, 0.3) is 10.8 Å². The third kappa shape index (κ3) is 2.72. The molecule has 1 heterocycles. The molecule has 90 valence electrons. The van der Waals surface area contributed by atoms with E-state index < -0.39 is 0 Å². The van der Waals surface area contributed by atoms with E-state index in [1.807, 2.05) is 30.9 Å². The van der Waals surface area contributed by atoms with Crippen LogP contribution < -0.4 is 5.73 Å². The Bertz CT molecular complexity index is 556. The number of hydrogen-bond acceptors (Lipinski definition) is 3. The van der Waals surface area contributed by atoms with Crippen molar-refractivity contribution in [2.75, 3.05) is 5.73 Å². The Morgan fingerprint density at radius 3 is 2.53 bits per heavy atom. The summed E-state index contributed by atoms with van der Waals surface area (Å²) >= 11 is 1.86. The van der Waals surface area contributed by atoms with Crippen LogP contribution in [0.4, 0.5) is 5.69 Å². The van der Waals surface area contributed by atoms with Crippen LogP contribution in [-0.2, 0) is 0 Å². The Balaban J connectivity index is 2.64. The molecule has 0 aliphatic rings. The average Bonchev–Trinajstić information content (AvgIpc) is 2.20. The first-order valence-electron chi connectivity index (χ1n) is 5.71. The summed E-state index contributed by atoms with van der Waals surface area (Å²) in [6, 6.07) is 6.18. The highest BCUT2D eigenvalue weighted by Crippen LogP contribution is 2.38. The fourth-order valence-electron chi connectivity index (χ4n) is 1.76. The predicted octanol–water partition coefficient (Wildman–Crippen LogP) is 4.02. The lowest BCUT2D eigenvalue weighted by atomic mass is 10.1. The molecule has 0 saturated carbocycles. The van der Waals surface area contributed by atoms with E-state index in [0.717, 1.165) is 16.8 Å². The lowest BCUT2D eigenvalue weighted by Crippen LogP contribution is -2.07. The van der Waals surface area contributed by atoms with E-state index in [9.17, 15) is 0 Å². The number of fused-ring (bicyclic) bond motifs is 1. The molecule has 17 heavy (non-hydrogen) atoms. The summed E-state index contributed by atoms with van der Waals surface area (Å²) in [6.45, 7) is 8.66. The number of thioether (sulfide) groups is 1. The summed E-state index contributed by atoms with van der Waals surface area (Å²) in [7, 11) is 0. The van der Waals surface area contributed by atoms with Crippen LogP contribution >= 0.6 is 11.8 Å². The van der Waals surface area contributed by atoms with Gasteiger partial charge in [-0.15, -0.1) is 11.8 Å². The summed E-state index contributed by atoms with van der Waals surface area (Å²) in [5.41, 5.74) is 7.81. The molecule has 2 rings (SSSR count). The maximum Gasteiger partial charge on any atom is 0.0410 e. The summed E-state index contributed by atoms with van der Waals surface area (Å²) in [6.07, 6.45) is 1.87. The first-order chi connectivity index (χ1) is 7.87. The number of benzene rings is 1. The molecule has 1 aromatic carbocycles. The second-order valence-electron chi connectivity index (χ2n) is 5.24. The first kappa shape index (κ1) is 12.2. The average molecular weight is 246 g/mol. The van der Waals surface area contributed by atoms with Gasteiger partial charge in [0.15, 0.2) is 0 Å². The SMILES string of the molecule is Cc1cc2c(SC(C)(C)C)ccc(N)c2cn1. The van der Waals surface area contributed by atoms with Crippen molar-refractivity contribution in [1.82, 2.24) is 4.98 Å². The smallest absolute Gasteiger partial charge is 0.0410 e. The topological polar surface area (TPSA) is 38.9 Å². The number of pyridine rings is 1. The maximum atomic E-state index is 5.99. The van der Waals surface area contributed by atoms with E-state index in [4.69, 9.17) is 5.73 Å². The minimum absolute atomic E-state index is 0.195. The Hall–Kier alpha value is -1.22. The number of aromatic nitrogens is 1. The summed E-state index contributed by atoms with van der Waals surface area (Å²) < 4.78 is 0.195. The first-order valence-corrected chi connectivity index (χ1v) is 6.52. The Kier molecular flexibility index (Phi) is 3.04. The third-order valence-corrected chi connectivity index (χ3v) is 3.64. The molecule has 0 bridgehead atoms. The number of nitrogen functional groups attached to an aromatic ring is 1. The van der Waals surface area contributed by atoms with Gasteiger partial charge in [-0.2, -0.15) is 0 Å². The van der Waals surface area contributed by atoms with Crippen molar-refractivity contribution in [2.24, 2.45) is 0 Å². The fraction of sp³-hybridized carbons (Fsp3) is 0.357. The van der Waals surface area contributed by atoms with Gasteiger partial charge in [0.25, 0.3) is 0 Å². The molecule has 3 heteroatoms. The van der Waals surface area contributed by atoms with Crippen molar-refractivity contribution in [3.63, 3.8) is 0 Å². The summed E-state index contributed by atoms with van der Waals surface area (Å²) in [4.78, 5) is 5.59. The summed E-state index contributed by atoms with van der Waals surface area (Å²) in [5.74, 6) is 0. The number of anilines is 1. The Morgan fingerprint density at radius 2 is 1.88 bits per heavy atom. The molecule has 0 radical (unpaired) electrons. The quantitative estimate of drug-likeness (QED) is 0.610. The van der Waals surface area contributed by atoms with Crippen molar-refractivity contribution < 1.29 is 0 Å². The van der Waals surface area contributed by atoms with Gasteiger partial charge in [0.2, 0.25) is 0 Å². The van der Waals surface area contributed by atoms with Gasteiger partial charge in [-0.25, -0.2) is 0 Å². The molecular weight excluding hydrogens is 228 g/mol. The van der Waals surface area contributed by atoms with Gasteiger partial charge in [-0.05, 0) is 25.1 Å². The molecule has 2 N–H and O–H groups in total. The normalized spacial score (nSPS) is 12.0. The number of nitrogens with zero attached hydrogens (tertiary/aromatic N) is 1. The highest BCUT2D eigenvalue weighted by Gasteiger charge is 2.15. The van der Waals surface area contributed by atoms with E-state index in [-0.39, 0.29) is 4.75 Å². The van der Waals surface area contributed by atoms with Gasteiger partial charge in [-0.3, -0.25) is 4.98 Å². The zero-order valence-electron chi connectivity index (χ0n) is 10.7.